The van der Waals surface area contributed by atoms with E-state index in [-0.39, 0.29) is 30.7 Å². The maximum Gasteiger partial charge on any atom is 0.224 e. The van der Waals surface area contributed by atoms with Crippen molar-refractivity contribution in [2.75, 3.05) is 18.9 Å². The smallest absolute Gasteiger partial charge is 0.224 e. The minimum Gasteiger partial charge on any atom is -0.489 e. The van der Waals surface area contributed by atoms with Gasteiger partial charge < -0.3 is 15.4 Å². The van der Waals surface area contributed by atoms with E-state index >= 15 is 0 Å². The van der Waals surface area contributed by atoms with Crippen LogP contribution in [0.1, 0.15) is 18.4 Å². The molecule has 0 unspecified atom stereocenters. The molecule has 1 amide bonds. The predicted octanol–water partition coefficient (Wildman–Crippen LogP) is 3.76. The molecule has 0 aromatic heterocycles. The van der Waals surface area contributed by atoms with Crippen LogP contribution < -0.4 is 15.4 Å². The molecule has 0 radical (unpaired) electrons. The monoisotopic (exact) mass is 352 g/mol. The number of halogens is 2. The van der Waals surface area contributed by atoms with E-state index in [1.54, 1.807) is 24.3 Å². The van der Waals surface area contributed by atoms with Crippen LogP contribution in [0.5, 0.6) is 5.75 Å². The van der Waals surface area contributed by atoms with E-state index in [9.17, 15) is 9.18 Å². The number of carbonyl (C=O) groups excluding carboxylic acids is 1. The second-order valence-electron chi connectivity index (χ2n) is 5.20. The van der Waals surface area contributed by atoms with E-state index in [2.05, 4.69) is 10.6 Å². The maximum atomic E-state index is 13.1. The zero-order valence-corrected chi connectivity index (χ0v) is 14.4. The van der Waals surface area contributed by atoms with Gasteiger partial charge in [-0.25, -0.2) is 4.39 Å². The van der Waals surface area contributed by atoms with Gasteiger partial charge in [-0.1, -0.05) is 18.2 Å². The Bertz CT molecular complexity index is 652. The highest BCUT2D eigenvalue weighted by Crippen LogP contribution is 2.19. The Morgan fingerprint density at radius 1 is 1.17 bits per heavy atom. The third-order valence-electron chi connectivity index (χ3n) is 3.24. The van der Waals surface area contributed by atoms with Crippen LogP contribution >= 0.6 is 12.4 Å². The molecule has 2 aromatic rings. The van der Waals surface area contributed by atoms with Crippen LogP contribution in [-0.2, 0) is 11.4 Å². The standard InChI is InChI=1S/C18H21FN2O2.ClH/c1-20-10-4-9-18(22)21-16-7-3-8-17(12-16)23-13-14-5-2-6-15(19)11-14;/h2-3,5-8,11-12,20H,4,9-10,13H2,1H3,(H,21,22);1H. The predicted molar refractivity (Wildman–Crippen MR) is 96.2 cm³/mol. The van der Waals surface area contributed by atoms with Crippen LogP contribution in [0, 0.1) is 5.82 Å². The normalized spacial score (nSPS) is 9.92. The molecule has 2 aromatic carbocycles. The first-order valence-electron chi connectivity index (χ1n) is 7.59. The zero-order chi connectivity index (χ0) is 16.5. The van der Waals surface area contributed by atoms with Gasteiger partial charge in [0.05, 0.1) is 0 Å². The topological polar surface area (TPSA) is 50.4 Å². The van der Waals surface area contributed by atoms with Crippen LogP contribution in [0.2, 0.25) is 0 Å². The number of anilines is 1. The zero-order valence-electron chi connectivity index (χ0n) is 13.5. The van der Waals surface area contributed by atoms with Crippen LogP contribution in [0.4, 0.5) is 10.1 Å². The lowest BCUT2D eigenvalue weighted by Crippen LogP contribution is -2.15. The Morgan fingerprint density at radius 3 is 2.71 bits per heavy atom. The number of benzene rings is 2. The molecule has 0 aliphatic heterocycles. The number of hydrogen-bond acceptors (Lipinski definition) is 3. The van der Waals surface area contributed by atoms with E-state index in [0.717, 1.165) is 18.5 Å². The minimum absolute atomic E-state index is 0. The first-order valence-corrected chi connectivity index (χ1v) is 7.59. The van der Waals surface area contributed by atoms with Gasteiger partial charge in [0, 0.05) is 18.2 Å². The van der Waals surface area contributed by atoms with Crippen LogP contribution in [0.3, 0.4) is 0 Å². The fourth-order valence-corrected chi connectivity index (χ4v) is 2.11. The molecule has 24 heavy (non-hydrogen) atoms. The van der Waals surface area contributed by atoms with Gasteiger partial charge in [-0.05, 0) is 49.8 Å². The third kappa shape index (κ3) is 6.98. The number of ether oxygens (including phenoxy) is 1. The van der Waals surface area contributed by atoms with E-state index in [0.29, 0.717) is 17.9 Å². The van der Waals surface area contributed by atoms with Gasteiger partial charge in [-0.2, -0.15) is 0 Å². The fourth-order valence-electron chi connectivity index (χ4n) is 2.11. The van der Waals surface area contributed by atoms with Crippen molar-refractivity contribution in [3.8, 4) is 5.75 Å². The van der Waals surface area contributed by atoms with Crippen molar-refractivity contribution >= 4 is 24.0 Å². The highest BCUT2D eigenvalue weighted by molar-refractivity contribution is 5.90. The second-order valence-corrected chi connectivity index (χ2v) is 5.20. The number of rotatable bonds is 8. The molecule has 2 N–H and O–H groups in total. The molecular formula is C18H22ClFN2O2. The van der Waals surface area contributed by atoms with Crippen molar-refractivity contribution in [2.24, 2.45) is 0 Å². The molecule has 0 saturated heterocycles. The maximum absolute atomic E-state index is 13.1. The Kier molecular flexibility index (Phi) is 8.83. The Hall–Kier alpha value is -2.11. The van der Waals surface area contributed by atoms with Gasteiger partial charge in [0.1, 0.15) is 18.2 Å². The van der Waals surface area contributed by atoms with E-state index in [4.69, 9.17) is 4.74 Å². The van der Waals surface area contributed by atoms with E-state index < -0.39 is 0 Å². The number of carbonyl (C=O) groups is 1. The second kappa shape index (κ2) is 10.6. The van der Waals surface area contributed by atoms with Gasteiger partial charge in [-0.3, -0.25) is 4.79 Å². The van der Waals surface area contributed by atoms with Gasteiger partial charge in [-0.15, -0.1) is 12.4 Å². The summed E-state index contributed by atoms with van der Waals surface area (Å²) in [5.41, 5.74) is 1.45. The highest BCUT2D eigenvalue weighted by atomic mass is 35.5. The van der Waals surface area contributed by atoms with Gasteiger partial charge in [0.2, 0.25) is 5.91 Å². The molecule has 2 rings (SSSR count). The van der Waals surface area contributed by atoms with Crippen molar-refractivity contribution < 1.29 is 13.9 Å². The lowest BCUT2D eigenvalue weighted by atomic mass is 10.2. The molecule has 4 nitrogen and oxygen atoms in total. The summed E-state index contributed by atoms with van der Waals surface area (Å²) in [4.78, 5) is 11.8. The van der Waals surface area contributed by atoms with E-state index in [1.807, 2.05) is 19.2 Å². The SMILES string of the molecule is CNCCCC(=O)Nc1cccc(OCc2cccc(F)c2)c1.Cl. The van der Waals surface area contributed by atoms with Crippen molar-refractivity contribution in [2.45, 2.75) is 19.4 Å². The minimum atomic E-state index is -0.284. The summed E-state index contributed by atoms with van der Waals surface area (Å²) in [6.45, 7) is 1.08. The molecule has 130 valence electrons. The van der Waals surface area contributed by atoms with Crippen LogP contribution in [-0.4, -0.2) is 19.5 Å². The Morgan fingerprint density at radius 2 is 1.96 bits per heavy atom. The summed E-state index contributed by atoms with van der Waals surface area (Å²) >= 11 is 0. The molecule has 0 aliphatic carbocycles. The largest absolute Gasteiger partial charge is 0.489 e. The Labute approximate surface area is 147 Å². The number of amides is 1. The first-order chi connectivity index (χ1) is 11.2. The summed E-state index contributed by atoms with van der Waals surface area (Å²) in [6.07, 6.45) is 1.26. The first kappa shape index (κ1) is 19.9. The molecule has 0 saturated carbocycles. The molecule has 0 heterocycles. The van der Waals surface area contributed by atoms with E-state index in [1.165, 1.54) is 12.1 Å². The Balaban J connectivity index is 0.00000288. The number of hydrogen-bond donors (Lipinski definition) is 2. The molecule has 0 aliphatic rings. The molecule has 0 fully saturated rings. The van der Waals surface area contributed by atoms with Crippen LogP contribution in [0.25, 0.3) is 0 Å². The van der Waals surface area contributed by atoms with Crippen molar-refractivity contribution in [1.29, 1.82) is 0 Å². The summed E-state index contributed by atoms with van der Waals surface area (Å²) in [5.74, 6) is 0.318. The molecule has 0 spiro atoms. The molecular weight excluding hydrogens is 331 g/mol. The van der Waals surface area contributed by atoms with Crippen molar-refractivity contribution in [3.63, 3.8) is 0 Å². The molecule has 0 atom stereocenters. The van der Waals surface area contributed by atoms with Gasteiger partial charge in [0.15, 0.2) is 0 Å². The summed E-state index contributed by atoms with van der Waals surface area (Å²) in [6, 6.07) is 13.5. The average molecular weight is 353 g/mol. The summed E-state index contributed by atoms with van der Waals surface area (Å²) in [5, 5.41) is 5.85. The summed E-state index contributed by atoms with van der Waals surface area (Å²) in [7, 11) is 1.86. The lowest BCUT2D eigenvalue weighted by Gasteiger charge is -2.09. The fraction of sp³-hybridized carbons (Fsp3) is 0.278. The average Bonchev–Trinajstić information content (AvgIpc) is 2.54. The van der Waals surface area contributed by atoms with Crippen LogP contribution in [0.15, 0.2) is 48.5 Å². The number of nitrogens with one attached hydrogen (secondary N) is 2. The lowest BCUT2D eigenvalue weighted by molar-refractivity contribution is -0.116. The molecule has 6 heteroatoms. The summed E-state index contributed by atoms with van der Waals surface area (Å²) < 4.78 is 18.8. The van der Waals surface area contributed by atoms with Crippen molar-refractivity contribution in [3.05, 3.63) is 59.9 Å². The molecule has 0 bridgehead atoms. The highest BCUT2D eigenvalue weighted by Gasteiger charge is 2.04. The third-order valence-corrected chi connectivity index (χ3v) is 3.24. The quantitative estimate of drug-likeness (QED) is 0.711. The van der Waals surface area contributed by atoms with Crippen molar-refractivity contribution in [1.82, 2.24) is 5.32 Å². The van der Waals surface area contributed by atoms with Gasteiger partial charge in [0.25, 0.3) is 0 Å². The van der Waals surface area contributed by atoms with Gasteiger partial charge >= 0.3 is 0 Å².